The second-order valence-corrected chi connectivity index (χ2v) is 7.02. The summed E-state index contributed by atoms with van der Waals surface area (Å²) in [6, 6.07) is 18.4. The van der Waals surface area contributed by atoms with E-state index in [-0.39, 0.29) is 18.2 Å². The zero-order valence-corrected chi connectivity index (χ0v) is 15.8. The molecule has 27 heavy (non-hydrogen) atoms. The van der Waals surface area contributed by atoms with Gasteiger partial charge in [-0.2, -0.15) is 5.26 Å². The lowest BCUT2D eigenvalue weighted by Crippen LogP contribution is -2.34. The number of benzene rings is 2. The summed E-state index contributed by atoms with van der Waals surface area (Å²) < 4.78 is 0. The van der Waals surface area contributed by atoms with Gasteiger partial charge in [0.05, 0.1) is 11.5 Å². The number of aromatic nitrogens is 1. The van der Waals surface area contributed by atoms with E-state index in [0.29, 0.717) is 12.8 Å². The Bertz CT molecular complexity index is 1000. The highest BCUT2D eigenvalue weighted by atomic mass is 35.5. The van der Waals surface area contributed by atoms with Crippen molar-refractivity contribution in [2.75, 3.05) is 0 Å². The first-order valence-electron chi connectivity index (χ1n) is 9.09. The predicted molar refractivity (Wildman–Crippen MR) is 109 cm³/mol. The molecule has 1 aromatic heterocycles. The Kier molecular flexibility index (Phi) is 5.58. The van der Waals surface area contributed by atoms with E-state index in [9.17, 15) is 4.79 Å². The minimum Gasteiger partial charge on any atom is -0.293 e. The summed E-state index contributed by atoms with van der Waals surface area (Å²) in [6.45, 7) is 0. The van der Waals surface area contributed by atoms with Crippen LogP contribution in [0.4, 0.5) is 0 Å². The Balaban J connectivity index is 0.00000210. The second kappa shape index (κ2) is 7.90. The third kappa shape index (κ3) is 3.22. The van der Waals surface area contributed by atoms with Crippen LogP contribution in [0.3, 0.4) is 0 Å². The van der Waals surface area contributed by atoms with E-state index in [1.807, 2.05) is 24.3 Å². The standard InChI is InChI=1S/C23H20N2O.ClH/c24-13-3-1-2-12-23(16-17-10-14-25-15-11-17)20-9-5-7-18-6-4-8-19(21(18)20)22(23)26;/h4-11,14-15H,1-3,12,16H2;1H. The summed E-state index contributed by atoms with van der Waals surface area (Å²) in [4.78, 5) is 17.7. The highest BCUT2D eigenvalue weighted by Gasteiger charge is 2.46. The third-order valence-corrected chi connectivity index (χ3v) is 5.50. The summed E-state index contributed by atoms with van der Waals surface area (Å²) >= 11 is 0. The molecule has 1 heterocycles. The number of unbranched alkanes of at least 4 members (excludes halogenated alkanes) is 2. The number of hydrogen-bond donors (Lipinski definition) is 0. The van der Waals surface area contributed by atoms with E-state index >= 15 is 0 Å². The van der Waals surface area contributed by atoms with Crippen molar-refractivity contribution in [3.8, 4) is 6.07 Å². The maximum atomic E-state index is 13.6. The van der Waals surface area contributed by atoms with Gasteiger partial charge in [0.1, 0.15) is 0 Å². The average molecular weight is 377 g/mol. The highest BCUT2D eigenvalue weighted by Crippen LogP contribution is 2.47. The van der Waals surface area contributed by atoms with Crippen molar-refractivity contribution in [3.05, 3.63) is 77.6 Å². The number of rotatable bonds is 6. The zero-order chi connectivity index (χ0) is 18.0. The summed E-state index contributed by atoms with van der Waals surface area (Å²) in [5.74, 6) is 0.220. The lowest BCUT2D eigenvalue weighted by molar-refractivity contribution is 0.0882. The van der Waals surface area contributed by atoms with Crippen molar-refractivity contribution in [2.24, 2.45) is 0 Å². The van der Waals surface area contributed by atoms with Crippen molar-refractivity contribution < 1.29 is 4.79 Å². The molecule has 0 saturated heterocycles. The van der Waals surface area contributed by atoms with Gasteiger partial charge in [0.2, 0.25) is 0 Å². The topological polar surface area (TPSA) is 53.8 Å². The molecular formula is C23H21ClN2O. The van der Waals surface area contributed by atoms with Gasteiger partial charge in [0.25, 0.3) is 0 Å². The molecule has 0 radical (unpaired) electrons. The molecule has 4 rings (SSSR count). The number of pyridine rings is 1. The number of ketones is 1. The molecule has 1 aliphatic carbocycles. The van der Waals surface area contributed by atoms with E-state index in [1.165, 1.54) is 0 Å². The smallest absolute Gasteiger partial charge is 0.174 e. The van der Waals surface area contributed by atoms with Crippen LogP contribution in [0, 0.1) is 11.3 Å². The van der Waals surface area contributed by atoms with Gasteiger partial charge < -0.3 is 0 Å². The van der Waals surface area contributed by atoms with Crippen LogP contribution in [-0.4, -0.2) is 10.8 Å². The number of hydrogen-bond acceptors (Lipinski definition) is 3. The van der Waals surface area contributed by atoms with Crippen LogP contribution in [0.5, 0.6) is 0 Å². The van der Waals surface area contributed by atoms with Crippen molar-refractivity contribution in [2.45, 2.75) is 37.5 Å². The quantitative estimate of drug-likeness (QED) is 0.540. The highest BCUT2D eigenvalue weighted by molar-refractivity contribution is 6.20. The minimum atomic E-state index is -0.542. The van der Waals surface area contributed by atoms with Gasteiger partial charge in [0.15, 0.2) is 5.78 Å². The van der Waals surface area contributed by atoms with Crippen LogP contribution in [0.1, 0.15) is 47.2 Å². The first kappa shape index (κ1) is 19.1. The third-order valence-electron chi connectivity index (χ3n) is 5.50. The molecule has 1 aliphatic rings. The molecule has 0 amide bonds. The van der Waals surface area contributed by atoms with Crippen LogP contribution in [0.25, 0.3) is 10.8 Å². The molecule has 136 valence electrons. The van der Waals surface area contributed by atoms with Gasteiger partial charge in [-0.3, -0.25) is 9.78 Å². The summed E-state index contributed by atoms with van der Waals surface area (Å²) in [5.41, 5.74) is 2.57. The fourth-order valence-electron chi connectivity index (χ4n) is 4.30. The number of nitriles is 1. The van der Waals surface area contributed by atoms with Crippen LogP contribution in [0.15, 0.2) is 60.9 Å². The largest absolute Gasteiger partial charge is 0.293 e. The first-order chi connectivity index (χ1) is 12.8. The molecule has 0 bridgehead atoms. The maximum Gasteiger partial charge on any atom is 0.174 e. The molecule has 0 fully saturated rings. The lowest BCUT2D eigenvalue weighted by Gasteiger charge is -2.29. The van der Waals surface area contributed by atoms with Crippen LogP contribution in [0.2, 0.25) is 0 Å². The summed E-state index contributed by atoms with van der Waals surface area (Å²) in [7, 11) is 0. The number of carbonyl (C=O) groups is 1. The van der Waals surface area contributed by atoms with Gasteiger partial charge in [-0.1, -0.05) is 42.8 Å². The number of Topliss-reactive ketones (excluding diaryl/α,β-unsaturated/α-hetero) is 1. The molecule has 0 spiro atoms. The van der Waals surface area contributed by atoms with E-state index in [1.54, 1.807) is 12.4 Å². The van der Waals surface area contributed by atoms with Crippen LogP contribution in [-0.2, 0) is 11.8 Å². The normalized spacial score (nSPS) is 17.5. The second-order valence-electron chi connectivity index (χ2n) is 7.02. The number of carbonyl (C=O) groups excluding carboxylic acids is 1. The monoisotopic (exact) mass is 376 g/mol. The average Bonchev–Trinajstić information content (AvgIpc) is 2.91. The Hall–Kier alpha value is -2.70. The van der Waals surface area contributed by atoms with Crippen LogP contribution >= 0.6 is 12.4 Å². The molecule has 1 atom stereocenters. The van der Waals surface area contributed by atoms with E-state index in [2.05, 4.69) is 35.3 Å². The lowest BCUT2D eigenvalue weighted by atomic mass is 9.71. The SMILES string of the molecule is Cl.N#CCCCCC1(Cc2ccncc2)C(=O)c2cccc3cccc1c23. The van der Waals surface area contributed by atoms with Crippen molar-refractivity contribution in [1.29, 1.82) is 5.26 Å². The minimum absolute atomic E-state index is 0. The summed E-state index contributed by atoms with van der Waals surface area (Å²) in [5, 5.41) is 11.1. The molecule has 3 nitrogen and oxygen atoms in total. The Morgan fingerprint density at radius 3 is 2.48 bits per heavy atom. The fourth-order valence-corrected chi connectivity index (χ4v) is 4.30. The van der Waals surface area contributed by atoms with Crippen molar-refractivity contribution >= 4 is 29.0 Å². The predicted octanol–water partition coefficient (Wildman–Crippen LogP) is 5.42. The maximum absolute atomic E-state index is 13.6. The zero-order valence-electron chi connectivity index (χ0n) is 15.0. The molecule has 3 aromatic rings. The van der Waals surface area contributed by atoms with E-state index < -0.39 is 5.41 Å². The number of nitrogens with zero attached hydrogens (tertiary/aromatic N) is 2. The summed E-state index contributed by atoms with van der Waals surface area (Å²) in [6.07, 6.45) is 7.25. The number of halogens is 1. The van der Waals surface area contributed by atoms with Gasteiger partial charge in [0, 0.05) is 24.4 Å². The van der Waals surface area contributed by atoms with Gasteiger partial charge in [-0.15, -0.1) is 12.4 Å². The Morgan fingerprint density at radius 2 is 1.74 bits per heavy atom. The Labute approximate surface area is 165 Å². The fraction of sp³-hybridized carbons (Fsp3) is 0.261. The van der Waals surface area contributed by atoms with Gasteiger partial charge >= 0.3 is 0 Å². The molecule has 1 unspecified atom stereocenters. The molecule has 2 aromatic carbocycles. The van der Waals surface area contributed by atoms with Crippen molar-refractivity contribution in [3.63, 3.8) is 0 Å². The molecule has 4 heteroatoms. The Morgan fingerprint density at radius 1 is 1.00 bits per heavy atom. The first-order valence-corrected chi connectivity index (χ1v) is 9.09. The van der Waals surface area contributed by atoms with Crippen molar-refractivity contribution in [1.82, 2.24) is 4.98 Å². The van der Waals surface area contributed by atoms with Crippen LogP contribution < -0.4 is 0 Å². The van der Waals surface area contributed by atoms with E-state index in [4.69, 9.17) is 5.26 Å². The molecular weight excluding hydrogens is 356 g/mol. The van der Waals surface area contributed by atoms with Gasteiger partial charge in [-0.25, -0.2) is 0 Å². The molecule has 0 saturated carbocycles. The van der Waals surface area contributed by atoms with E-state index in [0.717, 1.165) is 46.7 Å². The molecule has 0 N–H and O–H groups in total. The van der Waals surface area contributed by atoms with Gasteiger partial charge in [-0.05, 0) is 53.3 Å². The molecule has 0 aliphatic heterocycles.